The Kier molecular flexibility index (Phi) is 7.90. The van der Waals surface area contributed by atoms with Crippen LogP contribution in [0.4, 0.5) is 11.4 Å². The number of carbonyl (C=O) groups is 4. The summed E-state index contributed by atoms with van der Waals surface area (Å²) < 4.78 is 5.52. The van der Waals surface area contributed by atoms with Gasteiger partial charge in [-0.25, -0.2) is 4.90 Å². The van der Waals surface area contributed by atoms with Gasteiger partial charge in [-0.2, -0.15) is 0 Å². The topological polar surface area (TPSA) is 145 Å². The first kappa shape index (κ1) is 32.9. The molecule has 3 fully saturated rings. The van der Waals surface area contributed by atoms with E-state index in [4.69, 9.17) is 16.3 Å². The number of carbonyl (C=O) groups excluding carboxylic acids is 4. The van der Waals surface area contributed by atoms with E-state index in [0.29, 0.717) is 21.8 Å². The number of hydrogen-bond acceptors (Lipinski definition) is 8. The minimum Gasteiger partial charge on any atom is -0.504 e. The number of methoxy groups -OCH3 is 1. The second-order valence-corrected chi connectivity index (χ2v) is 13.9. The highest BCUT2D eigenvalue weighted by Gasteiger charge is 2.70. The highest BCUT2D eigenvalue weighted by Crippen LogP contribution is 2.64. The van der Waals surface area contributed by atoms with Crippen molar-refractivity contribution in [1.29, 1.82) is 0 Å². The number of aromatic hydroxyl groups is 1. The smallest absolute Gasteiger partial charge is 0.488 e. The molecule has 1 saturated carbocycles. The number of fused-ring (bicyclic) bond motifs is 4. The zero-order valence-electron chi connectivity index (χ0n) is 27.3. The largest absolute Gasteiger partial charge is 0.504 e. The molecule has 0 spiro atoms. The Hall–Kier alpha value is -5.23. The van der Waals surface area contributed by atoms with Gasteiger partial charge in [0, 0.05) is 10.9 Å². The van der Waals surface area contributed by atoms with Crippen LogP contribution in [-0.4, -0.2) is 53.0 Å². The first-order valence-corrected chi connectivity index (χ1v) is 17.1. The number of amides is 4. The van der Waals surface area contributed by atoms with Crippen molar-refractivity contribution in [2.75, 3.05) is 16.9 Å². The molecule has 0 aromatic heterocycles. The van der Waals surface area contributed by atoms with Crippen molar-refractivity contribution in [3.8, 4) is 11.5 Å². The van der Waals surface area contributed by atoms with E-state index in [-0.39, 0.29) is 35.5 Å². The van der Waals surface area contributed by atoms with Gasteiger partial charge in [-0.3, -0.25) is 24.1 Å². The molecule has 12 heteroatoms. The molecule has 10 nitrogen and oxygen atoms in total. The molecule has 2 heterocycles. The van der Waals surface area contributed by atoms with Crippen LogP contribution >= 0.6 is 11.6 Å². The first-order chi connectivity index (χ1) is 24.6. The molecular weight excluding hydrogens is 671 g/mol. The number of halogens is 1. The Labute approximate surface area is 298 Å². The Balaban J connectivity index is 1.34. The summed E-state index contributed by atoms with van der Waals surface area (Å²) in [5.74, 6) is -5.63. The maximum atomic E-state index is 15.3. The second-order valence-electron chi connectivity index (χ2n) is 13.5. The summed E-state index contributed by atoms with van der Waals surface area (Å²) in [5, 5.41) is 30.6. The number of allylic oxidation sites excluding steroid dienone is 2. The Morgan fingerprint density at radius 2 is 1.53 bits per heavy atom. The summed E-state index contributed by atoms with van der Waals surface area (Å²) in [4.78, 5) is 61.0. The lowest BCUT2D eigenvalue weighted by molar-refractivity contribution is -0.127. The summed E-state index contributed by atoms with van der Waals surface area (Å²) in [6.07, 6.45) is 2.26. The van der Waals surface area contributed by atoms with Gasteiger partial charge in [0.1, 0.15) is 0 Å². The zero-order chi connectivity index (χ0) is 35.8. The van der Waals surface area contributed by atoms with Crippen molar-refractivity contribution >= 4 is 59.2 Å². The third-order valence-electron chi connectivity index (χ3n) is 11.1. The average molecular weight is 703 g/mol. The number of benzene rings is 4. The van der Waals surface area contributed by atoms with E-state index in [9.17, 15) is 29.5 Å². The van der Waals surface area contributed by atoms with Crippen LogP contribution in [-0.2, 0) is 24.6 Å². The molecule has 0 bridgehead atoms. The van der Waals surface area contributed by atoms with Crippen LogP contribution in [0.2, 0.25) is 5.02 Å². The molecule has 4 amide bonds. The number of rotatable bonds is 6. The summed E-state index contributed by atoms with van der Waals surface area (Å²) in [5.41, 5.74) is 1.16. The Morgan fingerprint density at radius 1 is 0.804 bits per heavy atom. The summed E-state index contributed by atoms with van der Waals surface area (Å²) >= 11 is 6.38. The predicted octanol–water partition coefficient (Wildman–Crippen LogP) is 4.10. The van der Waals surface area contributed by atoms with Gasteiger partial charge in [0.25, 0.3) is 0 Å². The zero-order valence-corrected chi connectivity index (χ0v) is 28.1. The lowest BCUT2D eigenvalue weighted by atomic mass is 9.49. The van der Waals surface area contributed by atoms with Crippen molar-refractivity contribution in [1.82, 2.24) is 0 Å². The number of hydrogen-bond donors (Lipinski definition) is 3. The summed E-state index contributed by atoms with van der Waals surface area (Å²) in [6, 6.07) is 26.6. The highest BCUT2D eigenvalue weighted by atomic mass is 35.5. The van der Waals surface area contributed by atoms with Crippen LogP contribution in [0.5, 0.6) is 11.5 Å². The van der Waals surface area contributed by atoms with Crippen molar-refractivity contribution < 1.29 is 39.1 Å². The SMILES string of the molecule is COc1cc(C2C3=CCC4C(=O)N(c5cccc(B(O)O)c5)C(=O)C4C3CC3C(=O)N(c4cccc(Cl)c4)C(=O)C32c2ccccc2)ccc1O. The number of phenols is 1. The van der Waals surface area contributed by atoms with Crippen molar-refractivity contribution in [3.63, 3.8) is 0 Å². The van der Waals surface area contributed by atoms with E-state index in [1.807, 2.05) is 36.4 Å². The van der Waals surface area contributed by atoms with E-state index in [2.05, 4.69) is 0 Å². The third-order valence-corrected chi connectivity index (χ3v) is 11.4. The van der Waals surface area contributed by atoms with Crippen LogP contribution < -0.4 is 20.0 Å². The maximum Gasteiger partial charge on any atom is 0.488 e. The summed E-state index contributed by atoms with van der Waals surface area (Å²) in [7, 11) is -0.370. The minimum absolute atomic E-state index is 0.103. The van der Waals surface area contributed by atoms with Crippen molar-refractivity contribution in [2.24, 2.45) is 23.7 Å². The quantitative estimate of drug-likeness (QED) is 0.155. The lowest BCUT2D eigenvalue weighted by Crippen LogP contribution is -2.53. The fraction of sp³-hybridized carbons (Fsp3) is 0.231. The van der Waals surface area contributed by atoms with Gasteiger partial charge < -0.3 is 19.9 Å². The van der Waals surface area contributed by atoms with E-state index in [1.54, 1.807) is 48.5 Å². The van der Waals surface area contributed by atoms with Crippen LogP contribution in [0.25, 0.3) is 0 Å². The molecule has 2 saturated heterocycles. The third kappa shape index (κ3) is 4.79. The Morgan fingerprint density at radius 3 is 2.24 bits per heavy atom. The van der Waals surface area contributed by atoms with E-state index in [0.717, 1.165) is 10.5 Å². The lowest BCUT2D eigenvalue weighted by Gasteiger charge is -2.50. The van der Waals surface area contributed by atoms with E-state index in [1.165, 1.54) is 30.2 Å². The highest BCUT2D eigenvalue weighted by molar-refractivity contribution is 6.58. The van der Waals surface area contributed by atoms with Gasteiger partial charge in [-0.1, -0.05) is 77.8 Å². The Bertz CT molecular complexity index is 2160. The van der Waals surface area contributed by atoms with Crippen LogP contribution in [0.1, 0.15) is 29.9 Å². The fourth-order valence-electron chi connectivity index (χ4n) is 9.07. The average Bonchev–Trinajstić information content (AvgIpc) is 3.53. The number of imide groups is 2. The molecule has 2 aliphatic carbocycles. The predicted molar refractivity (Wildman–Crippen MR) is 190 cm³/mol. The van der Waals surface area contributed by atoms with Gasteiger partial charge in [-0.15, -0.1) is 0 Å². The molecule has 6 unspecified atom stereocenters. The molecular formula is C39H32BClN2O8. The normalized spacial score (nSPS) is 26.8. The van der Waals surface area contributed by atoms with Gasteiger partial charge >= 0.3 is 7.12 Å². The molecule has 8 rings (SSSR count). The van der Waals surface area contributed by atoms with Crippen LogP contribution in [0, 0.1) is 23.7 Å². The number of anilines is 2. The van der Waals surface area contributed by atoms with Gasteiger partial charge in [-0.05, 0) is 77.8 Å². The van der Waals surface area contributed by atoms with E-state index >= 15 is 4.79 Å². The van der Waals surface area contributed by atoms with Crippen molar-refractivity contribution in [2.45, 2.75) is 24.2 Å². The molecule has 4 aliphatic rings. The molecule has 6 atom stereocenters. The number of nitrogens with zero attached hydrogens (tertiary/aromatic N) is 2. The minimum atomic E-state index is -1.80. The first-order valence-electron chi connectivity index (χ1n) is 16.7. The standard InChI is InChI=1S/C39H32BClN2O8/c1-51-32-17-21(13-16-31(32)44)34-27-14-15-28-33(37(47)42(35(28)45)25-11-5-9-23(18-25)40(49)50)29(27)20-30-36(46)43(26-12-6-10-24(41)19-26)38(48)39(30,34)22-7-3-2-4-8-22/h2-14,16-19,28-30,33-34,44,49-50H,15,20H2,1H3. The fourth-order valence-corrected chi connectivity index (χ4v) is 9.26. The van der Waals surface area contributed by atoms with Gasteiger partial charge in [0.15, 0.2) is 11.5 Å². The molecule has 4 aromatic rings. The van der Waals surface area contributed by atoms with Gasteiger partial charge in [0.05, 0.1) is 41.7 Å². The van der Waals surface area contributed by atoms with Crippen LogP contribution in [0.3, 0.4) is 0 Å². The molecule has 0 radical (unpaired) electrons. The van der Waals surface area contributed by atoms with Crippen molar-refractivity contribution in [3.05, 3.63) is 125 Å². The number of phenolic OH excluding ortho intramolecular Hbond substituents is 1. The summed E-state index contributed by atoms with van der Waals surface area (Å²) in [6.45, 7) is 0. The maximum absolute atomic E-state index is 15.3. The van der Waals surface area contributed by atoms with Crippen LogP contribution in [0.15, 0.2) is 109 Å². The monoisotopic (exact) mass is 702 g/mol. The molecule has 3 N–H and O–H groups in total. The number of ether oxygens (including phenoxy) is 1. The molecule has 4 aromatic carbocycles. The second kappa shape index (κ2) is 12.2. The molecule has 256 valence electrons. The molecule has 51 heavy (non-hydrogen) atoms. The van der Waals surface area contributed by atoms with E-state index < -0.39 is 65.8 Å². The molecule has 2 aliphatic heterocycles. The van der Waals surface area contributed by atoms with Gasteiger partial charge in [0.2, 0.25) is 23.6 Å².